The van der Waals surface area contributed by atoms with Crippen LogP contribution in [0.3, 0.4) is 0 Å². The molecule has 1 aliphatic heterocycles. The average Bonchev–Trinajstić information content (AvgIpc) is 2.95. The van der Waals surface area contributed by atoms with Crippen LogP contribution in [-0.2, 0) is 0 Å². The van der Waals surface area contributed by atoms with Gasteiger partial charge in [0.15, 0.2) is 11.5 Å². The molecule has 1 N–H and O–H groups in total. The van der Waals surface area contributed by atoms with Crippen LogP contribution in [0, 0.1) is 0 Å². The predicted molar refractivity (Wildman–Crippen MR) is 90.5 cm³/mol. The fourth-order valence-corrected chi connectivity index (χ4v) is 3.78. The molecule has 1 fully saturated rings. The first-order valence-corrected chi connectivity index (χ1v) is 8.71. The summed E-state index contributed by atoms with van der Waals surface area (Å²) in [6.45, 7) is 8.71. The summed E-state index contributed by atoms with van der Waals surface area (Å²) in [4.78, 5) is 11.7. The van der Waals surface area contributed by atoms with Crippen LogP contribution in [-0.4, -0.2) is 44.5 Å². The van der Waals surface area contributed by atoms with Gasteiger partial charge in [0.25, 0.3) is 0 Å². The van der Waals surface area contributed by atoms with Gasteiger partial charge in [-0.25, -0.2) is 9.97 Å². The van der Waals surface area contributed by atoms with Crippen LogP contribution < -0.4 is 10.2 Å². The number of rotatable bonds is 4. The third-order valence-corrected chi connectivity index (χ3v) is 5.41. The quantitative estimate of drug-likeness (QED) is 0.941. The van der Waals surface area contributed by atoms with Crippen molar-refractivity contribution < 1.29 is 0 Å². The summed E-state index contributed by atoms with van der Waals surface area (Å²) in [5.41, 5.74) is 0.947. The molecule has 1 aliphatic rings. The van der Waals surface area contributed by atoms with Crippen molar-refractivity contribution in [2.45, 2.75) is 38.5 Å². The van der Waals surface area contributed by atoms with Crippen LogP contribution in [0.1, 0.15) is 27.2 Å². The van der Waals surface area contributed by atoms with E-state index in [1.54, 1.807) is 0 Å². The fraction of sp³-hybridized carbons (Fsp3) is 0.600. The van der Waals surface area contributed by atoms with E-state index in [-0.39, 0.29) is 0 Å². The van der Waals surface area contributed by atoms with Crippen LogP contribution >= 0.6 is 11.8 Å². The van der Waals surface area contributed by atoms with E-state index < -0.39 is 0 Å². The van der Waals surface area contributed by atoms with Gasteiger partial charge in [-0.15, -0.1) is 0 Å². The van der Waals surface area contributed by atoms with Gasteiger partial charge in [0.2, 0.25) is 0 Å². The van der Waals surface area contributed by atoms with E-state index in [0.717, 1.165) is 42.5 Å². The molecule has 0 saturated carbocycles. The zero-order valence-electron chi connectivity index (χ0n) is 12.9. The number of nitrogens with one attached hydrogen (secondary N) is 1. The van der Waals surface area contributed by atoms with Crippen molar-refractivity contribution >= 4 is 29.0 Å². The lowest BCUT2D eigenvalue weighted by atomic mass is 10.2. The molecule has 0 aliphatic carbocycles. The molecule has 1 saturated heterocycles. The van der Waals surface area contributed by atoms with E-state index in [4.69, 9.17) is 4.98 Å². The number of nitrogens with zero attached hydrogens (tertiary/aromatic N) is 4. The Balaban J connectivity index is 2.00. The van der Waals surface area contributed by atoms with Crippen LogP contribution in [0.15, 0.2) is 18.6 Å². The Labute approximate surface area is 130 Å². The van der Waals surface area contributed by atoms with E-state index in [0.29, 0.717) is 11.3 Å². The molecule has 2 aromatic rings. The summed E-state index contributed by atoms with van der Waals surface area (Å²) in [5, 5.41) is 4.00. The Hall–Kier alpha value is -1.43. The normalized spacial score (nSPS) is 22.7. The summed E-state index contributed by atoms with van der Waals surface area (Å²) in [6, 6.07) is 0.471. The number of anilines is 2. The van der Waals surface area contributed by atoms with E-state index >= 15 is 0 Å². The van der Waals surface area contributed by atoms with Crippen LogP contribution in [0.4, 0.5) is 11.6 Å². The summed E-state index contributed by atoms with van der Waals surface area (Å²) in [5.74, 6) is 3.07. The molecule has 3 heterocycles. The minimum atomic E-state index is 0.471. The van der Waals surface area contributed by atoms with Crippen LogP contribution in [0.2, 0.25) is 0 Å². The molecule has 0 bridgehead atoms. The van der Waals surface area contributed by atoms with E-state index in [2.05, 4.69) is 40.4 Å². The number of imidazole rings is 1. The fourth-order valence-electron chi connectivity index (χ4n) is 2.68. The maximum atomic E-state index is 4.84. The molecule has 0 amide bonds. The molecule has 21 heavy (non-hydrogen) atoms. The third-order valence-electron chi connectivity index (χ3n) is 4.07. The molecule has 0 aromatic carbocycles. The lowest BCUT2D eigenvalue weighted by Crippen LogP contribution is -2.45. The highest BCUT2D eigenvalue weighted by Crippen LogP contribution is 2.30. The number of fused-ring (bicyclic) bond motifs is 1. The summed E-state index contributed by atoms with van der Waals surface area (Å²) < 4.78 is 2.07. The molecule has 5 nitrogen and oxygen atoms in total. The van der Waals surface area contributed by atoms with Crippen molar-refractivity contribution in [3.8, 4) is 0 Å². The molecule has 0 spiro atoms. The molecule has 3 rings (SSSR count). The number of hydrogen-bond acceptors (Lipinski definition) is 5. The van der Waals surface area contributed by atoms with Crippen molar-refractivity contribution in [2.24, 2.45) is 0 Å². The zero-order valence-corrected chi connectivity index (χ0v) is 13.7. The van der Waals surface area contributed by atoms with Gasteiger partial charge in [-0.2, -0.15) is 11.8 Å². The Kier molecular flexibility index (Phi) is 4.24. The molecular weight excluding hydrogens is 282 g/mol. The Morgan fingerprint density at radius 1 is 1.43 bits per heavy atom. The highest BCUT2D eigenvalue weighted by atomic mass is 32.2. The van der Waals surface area contributed by atoms with Crippen LogP contribution in [0.5, 0.6) is 0 Å². The smallest absolute Gasteiger partial charge is 0.180 e. The van der Waals surface area contributed by atoms with Gasteiger partial charge >= 0.3 is 0 Å². The van der Waals surface area contributed by atoms with Crippen LogP contribution in [0.25, 0.3) is 5.65 Å². The summed E-state index contributed by atoms with van der Waals surface area (Å²) in [7, 11) is 0. The minimum Gasteiger partial charge on any atom is -0.369 e. The molecule has 0 radical (unpaired) electrons. The van der Waals surface area contributed by atoms with Crippen molar-refractivity contribution in [1.82, 2.24) is 14.4 Å². The van der Waals surface area contributed by atoms with Crippen molar-refractivity contribution in [1.29, 1.82) is 0 Å². The first-order chi connectivity index (χ1) is 10.2. The SMILES string of the molecule is CCCNc1cn2ccnc2c(N2CCSC(C)C2C)n1. The molecular formula is C15H23N5S. The van der Waals surface area contributed by atoms with Gasteiger partial charge in [-0.1, -0.05) is 13.8 Å². The average molecular weight is 305 g/mol. The molecule has 2 unspecified atom stereocenters. The first-order valence-electron chi connectivity index (χ1n) is 7.66. The summed E-state index contributed by atoms with van der Waals surface area (Å²) >= 11 is 2.04. The number of aromatic nitrogens is 3. The summed E-state index contributed by atoms with van der Waals surface area (Å²) in [6.07, 6.45) is 6.95. The molecule has 2 aromatic heterocycles. The minimum absolute atomic E-state index is 0.471. The lowest BCUT2D eigenvalue weighted by molar-refractivity contribution is 0.621. The maximum Gasteiger partial charge on any atom is 0.180 e. The van der Waals surface area contributed by atoms with Gasteiger partial charge in [0, 0.05) is 42.5 Å². The van der Waals surface area contributed by atoms with E-state index in [1.807, 2.05) is 30.4 Å². The lowest BCUT2D eigenvalue weighted by Gasteiger charge is -2.38. The van der Waals surface area contributed by atoms with Gasteiger partial charge in [0.1, 0.15) is 5.82 Å². The molecule has 6 heteroatoms. The van der Waals surface area contributed by atoms with E-state index in [1.165, 1.54) is 0 Å². The standard InChI is InChI=1S/C15H23N5S/c1-4-5-16-13-10-19-7-6-17-14(19)15(18-13)20-8-9-21-12(3)11(20)2/h6-7,10-12,16H,4-5,8-9H2,1-3H3. The second-order valence-electron chi connectivity index (χ2n) is 5.54. The number of thioether (sulfide) groups is 1. The Bertz CT molecular complexity index is 611. The van der Waals surface area contributed by atoms with Crippen molar-refractivity contribution in [2.75, 3.05) is 29.1 Å². The van der Waals surface area contributed by atoms with Crippen molar-refractivity contribution in [3.63, 3.8) is 0 Å². The number of hydrogen-bond donors (Lipinski definition) is 1. The Morgan fingerprint density at radius 2 is 2.29 bits per heavy atom. The predicted octanol–water partition coefficient (Wildman–Crippen LogP) is 2.88. The topological polar surface area (TPSA) is 45.5 Å². The highest BCUT2D eigenvalue weighted by Gasteiger charge is 2.28. The van der Waals surface area contributed by atoms with Gasteiger partial charge < -0.3 is 14.6 Å². The monoisotopic (exact) mass is 305 g/mol. The van der Waals surface area contributed by atoms with Gasteiger partial charge in [-0.05, 0) is 13.3 Å². The van der Waals surface area contributed by atoms with Gasteiger partial charge in [0.05, 0.1) is 6.20 Å². The molecule has 114 valence electrons. The second-order valence-corrected chi connectivity index (χ2v) is 7.03. The second kappa shape index (κ2) is 6.13. The van der Waals surface area contributed by atoms with E-state index in [9.17, 15) is 0 Å². The maximum absolute atomic E-state index is 4.84. The Morgan fingerprint density at radius 3 is 3.10 bits per heavy atom. The zero-order chi connectivity index (χ0) is 14.8. The third kappa shape index (κ3) is 2.81. The largest absolute Gasteiger partial charge is 0.369 e. The molecule has 2 atom stereocenters. The highest BCUT2D eigenvalue weighted by molar-refractivity contribution is 8.00. The van der Waals surface area contributed by atoms with Gasteiger partial charge in [-0.3, -0.25) is 0 Å². The first kappa shape index (κ1) is 14.5. The van der Waals surface area contributed by atoms with Crippen molar-refractivity contribution in [3.05, 3.63) is 18.6 Å².